The second-order valence-corrected chi connectivity index (χ2v) is 5.57. The molecule has 0 spiro atoms. The van der Waals surface area contributed by atoms with Gasteiger partial charge in [-0.2, -0.15) is 5.10 Å². The maximum absolute atomic E-state index is 6.44. The monoisotopic (exact) mass is 235 g/mol. The molecule has 1 saturated carbocycles. The van der Waals surface area contributed by atoms with Crippen LogP contribution < -0.4 is 5.73 Å². The Hall–Kier alpha value is -0.830. The minimum absolute atomic E-state index is 0.170. The highest BCUT2D eigenvalue weighted by Gasteiger charge is 2.26. The van der Waals surface area contributed by atoms with Crippen molar-refractivity contribution in [1.82, 2.24) is 9.78 Å². The van der Waals surface area contributed by atoms with Crippen molar-refractivity contribution in [1.29, 1.82) is 0 Å². The van der Waals surface area contributed by atoms with Gasteiger partial charge >= 0.3 is 0 Å². The van der Waals surface area contributed by atoms with Crippen LogP contribution in [-0.2, 0) is 6.54 Å². The Balaban J connectivity index is 2.10. The predicted octanol–water partition coefficient (Wildman–Crippen LogP) is 3.04. The number of nitrogens with zero attached hydrogens (tertiary/aromatic N) is 2. The number of aryl methyl sites for hydroxylation is 2. The molecule has 1 aliphatic carbocycles. The van der Waals surface area contributed by atoms with E-state index in [2.05, 4.69) is 29.7 Å². The highest BCUT2D eigenvalue weighted by Crippen LogP contribution is 2.35. The normalized spacial score (nSPS) is 27.1. The lowest BCUT2D eigenvalue weighted by Gasteiger charge is -2.30. The van der Waals surface area contributed by atoms with E-state index in [1.165, 1.54) is 31.4 Å². The minimum Gasteiger partial charge on any atom is -0.322 e. The molecule has 3 nitrogen and oxygen atoms in total. The van der Waals surface area contributed by atoms with Crippen LogP contribution in [0.4, 0.5) is 0 Å². The fourth-order valence-corrected chi connectivity index (χ4v) is 2.97. The molecule has 0 aromatic carbocycles. The Labute approximate surface area is 104 Å². The molecule has 2 N–H and O–H groups in total. The van der Waals surface area contributed by atoms with Gasteiger partial charge in [0.15, 0.2) is 0 Å². The smallest absolute Gasteiger partial charge is 0.0597 e. The first-order chi connectivity index (χ1) is 8.11. The second kappa shape index (κ2) is 5.21. The second-order valence-electron chi connectivity index (χ2n) is 5.57. The lowest BCUT2D eigenvalue weighted by atomic mass is 9.78. The molecular weight excluding hydrogens is 210 g/mol. The van der Waals surface area contributed by atoms with Crippen LogP contribution in [-0.4, -0.2) is 9.78 Å². The maximum Gasteiger partial charge on any atom is 0.0597 e. The first-order valence-electron chi connectivity index (χ1n) is 6.91. The zero-order chi connectivity index (χ0) is 12.4. The molecule has 1 atom stereocenters. The van der Waals surface area contributed by atoms with Crippen LogP contribution in [0.3, 0.4) is 0 Å². The highest BCUT2D eigenvalue weighted by molar-refractivity contribution is 5.14. The van der Waals surface area contributed by atoms with Crippen LogP contribution in [0.15, 0.2) is 6.07 Å². The molecule has 1 aromatic rings. The lowest BCUT2D eigenvalue weighted by Crippen LogP contribution is -2.27. The summed E-state index contributed by atoms with van der Waals surface area (Å²) in [6, 6.07) is 2.33. The van der Waals surface area contributed by atoms with Crippen molar-refractivity contribution >= 4 is 0 Å². The first-order valence-corrected chi connectivity index (χ1v) is 6.91. The van der Waals surface area contributed by atoms with Crippen molar-refractivity contribution in [2.45, 2.75) is 59.0 Å². The molecule has 1 aromatic heterocycles. The van der Waals surface area contributed by atoms with Crippen molar-refractivity contribution < 1.29 is 0 Å². The predicted molar refractivity (Wildman–Crippen MR) is 70.7 cm³/mol. The summed E-state index contributed by atoms with van der Waals surface area (Å²) in [4.78, 5) is 0. The summed E-state index contributed by atoms with van der Waals surface area (Å²) in [6.45, 7) is 7.44. The fraction of sp³-hybridized carbons (Fsp3) is 0.786. The Morgan fingerprint density at radius 1 is 1.41 bits per heavy atom. The summed E-state index contributed by atoms with van der Waals surface area (Å²) in [7, 11) is 0. The topological polar surface area (TPSA) is 43.8 Å². The summed E-state index contributed by atoms with van der Waals surface area (Å²) in [5.41, 5.74) is 8.76. The number of hydrogen-bond donors (Lipinski definition) is 1. The van der Waals surface area contributed by atoms with Gasteiger partial charge in [-0.25, -0.2) is 0 Å². The highest BCUT2D eigenvalue weighted by atomic mass is 15.3. The van der Waals surface area contributed by atoms with E-state index in [1.807, 2.05) is 6.92 Å². The van der Waals surface area contributed by atoms with Crippen LogP contribution in [0.25, 0.3) is 0 Å². The molecular formula is C14H25N3. The van der Waals surface area contributed by atoms with Gasteiger partial charge in [-0.1, -0.05) is 19.8 Å². The molecule has 1 aliphatic rings. The SMILES string of the molecule is CCn1nc(C)cc1C(N)C1CCC(C)CC1. The van der Waals surface area contributed by atoms with Gasteiger partial charge in [0.05, 0.1) is 11.4 Å². The molecule has 3 heteroatoms. The van der Waals surface area contributed by atoms with Gasteiger partial charge in [-0.05, 0) is 44.6 Å². The molecule has 0 radical (unpaired) electrons. The number of hydrogen-bond acceptors (Lipinski definition) is 2. The maximum atomic E-state index is 6.44. The third kappa shape index (κ3) is 2.71. The van der Waals surface area contributed by atoms with Gasteiger partial charge in [-0.3, -0.25) is 4.68 Å². The molecule has 96 valence electrons. The van der Waals surface area contributed by atoms with Crippen molar-refractivity contribution in [3.8, 4) is 0 Å². The molecule has 0 bridgehead atoms. The van der Waals surface area contributed by atoms with Gasteiger partial charge in [-0.15, -0.1) is 0 Å². The van der Waals surface area contributed by atoms with Crippen molar-refractivity contribution in [3.63, 3.8) is 0 Å². The lowest BCUT2D eigenvalue weighted by molar-refractivity contribution is 0.250. The first kappa shape index (κ1) is 12.6. The van der Waals surface area contributed by atoms with Crippen LogP contribution in [0.5, 0.6) is 0 Å². The average Bonchev–Trinajstić information content (AvgIpc) is 2.70. The zero-order valence-corrected chi connectivity index (χ0v) is 11.3. The van der Waals surface area contributed by atoms with E-state index in [0.717, 1.165) is 18.2 Å². The van der Waals surface area contributed by atoms with E-state index >= 15 is 0 Å². The Morgan fingerprint density at radius 3 is 2.65 bits per heavy atom. The molecule has 1 fully saturated rings. The molecule has 17 heavy (non-hydrogen) atoms. The summed E-state index contributed by atoms with van der Waals surface area (Å²) in [6.07, 6.45) is 5.21. The Bertz CT molecular complexity index is 362. The number of aromatic nitrogens is 2. The molecule has 0 saturated heterocycles. The number of rotatable bonds is 3. The van der Waals surface area contributed by atoms with E-state index in [1.54, 1.807) is 0 Å². The third-order valence-electron chi connectivity index (χ3n) is 4.14. The average molecular weight is 235 g/mol. The van der Waals surface area contributed by atoms with Crippen LogP contribution >= 0.6 is 0 Å². The van der Waals surface area contributed by atoms with Gasteiger partial charge in [0.2, 0.25) is 0 Å². The summed E-state index contributed by atoms with van der Waals surface area (Å²) < 4.78 is 2.07. The van der Waals surface area contributed by atoms with E-state index in [4.69, 9.17) is 5.73 Å². The van der Waals surface area contributed by atoms with Crippen LogP contribution in [0.2, 0.25) is 0 Å². The standard InChI is InChI=1S/C14H25N3/c1-4-17-13(9-11(3)16-17)14(15)12-7-5-10(2)6-8-12/h9-10,12,14H,4-8,15H2,1-3H3. The van der Waals surface area contributed by atoms with Gasteiger partial charge in [0.1, 0.15) is 0 Å². The molecule has 0 aliphatic heterocycles. The van der Waals surface area contributed by atoms with Gasteiger partial charge in [0, 0.05) is 12.6 Å². The van der Waals surface area contributed by atoms with E-state index in [-0.39, 0.29) is 6.04 Å². The van der Waals surface area contributed by atoms with E-state index < -0.39 is 0 Å². The summed E-state index contributed by atoms with van der Waals surface area (Å²) in [5, 5.41) is 4.50. The van der Waals surface area contributed by atoms with Crippen LogP contribution in [0, 0.1) is 18.8 Å². The largest absolute Gasteiger partial charge is 0.322 e. The zero-order valence-electron chi connectivity index (χ0n) is 11.3. The van der Waals surface area contributed by atoms with Crippen LogP contribution in [0.1, 0.15) is 57.0 Å². The summed E-state index contributed by atoms with van der Waals surface area (Å²) >= 11 is 0. The van der Waals surface area contributed by atoms with Gasteiger partial charge in [0.25, 0.3) is 0 Å². The minimum atomic E-state index is 0.170. The van der Waals surface area contributed by atoms with Gasteiger partial charge < -0.3 is 5.73 Å². The summed E-state index contributed by atoms with van der Waals surface area (Å²) in [5.74, 6) is 1.53. The van der Waals surface area contributed by atoms with Crippen molar-refractivity contribution in [3.05, 3.63) is 17.5 Å². The Morgan fingerprint density at radius 2 is 2.06 bits per heavy atom. The molecule has 2 rings (SSSR count). The van der Waals surface area contributed by atoms with Crippen molar-refractivity contribution in [2.24, 2.45) is 17.6 Å². The third-order valence-corrected chi connectivity index (χ3v) is 4.14. The molecule has 0 amide bonds. The number of nitrogens with two attached hydrogens (primary N) is 1. The van der Waals surface area contributed by atoms with Crippen molar-refractivity contribution in [2.75, 3.05) is 0 Å². The Kier molecular flexibility index (Phi) is 3.87. The fourth-order valence-electron chi connectivity index (χ4n) is 2.97. The van der Waals surface area contributed by atoms with E-state index in [0.29, 0.717) is 5.92 Å². The quantitative estimate of drug-likeness (QED) is 0.875. The molecule has 1 unspecified atom stereocenters. The van der Waals surface area contributed by atoms with E-state index in [9.17, 15) is 0 Å². The molecule has 1 heterocycles.